The van der Waals surface area contributed by atoms with E-state index >= 15 is 0 Å². The molecule has 0 unspecified atom stereocenters. The minimum atomic E-state index is -0.703. The number of benzene rings is 1. The Morgan fingerprint density at radius 1 is 1.40 bits per heavy atom. The van der Waals surface area contributed by atoms with E-state index in [0.29, 0.717) is 18.9 Å². The SMILES string of the molecule is C[C@@H]1N(C(=O)OCc2ccccc2)CC[C@@]1(O)C1CC1. The van der Waals surface area contributed by atoms with Crippen LogP contribution in [0.2, 0.25) is 0 Å². The summed E-state index contributed by atoms with van der Waals surface area (Å²) < 4.78 is 5.35. The van der Waals surface area contributed by atoms with Gasteiger partial charge in [-0.1, -0.05) is 30.3 Å². The molecule has 1 N–H and O–H groups in total. The topological polar surface area (TPSA) is 49.8 Å². The highest BCUT2D eigenvalue weighted by molar-refractivity contribution is 5.68. The minimum Gasteiger partial charge on any atom is -0.445 e. The Morgan fingerprint density at radius 3 is 2.75 bits per heavy atom. The highest BCUT2D eigenvalue weighted by Gasteiger charge is 2.54. The van der Waals surface area contributed by atoms with Crippen molar-refractivity contribution in [3.8, 4) is 0 Å². The van der Waals surface area contributed by atoms with Gasteiger partial charge in [0, 0.05) is 6.54 Å². The van der Waals surface area contributed by atoms with Gasteiger partial charge in [-0.05, 0) is 37.7 Å². The lowest BCUT2D eigenvalue weighted by atomic mass is 9.90. The van der Waals surface area contributed by atoms with Crippen LogP contribution in [-0.2, 0) is 11.3 Å². The average molecular weight is 275 g/mol. The van der Waals surface area contributed by atoms with Crippen LogP contribution in [0.25, 0.3) is 0 Å². The summed E-state index contributed by atoms with van der Waals surface area (Å²) in [6, 6.07) is 9.49. The largest absolute Gasteiger partial charge is 0.445 e. The number of carbonyl (C=O) groups is 1. The van der Waals surface area contributed by atoms with E-state index in [1.54, 1.807) is 4.90 Å². The van der Waals surface area contributed by atoms with Crippen LogP contribution in [0.15, 0.2) is 30.3 Å². The van der Waals surface area contributed by atoms with Crippen molar-refractivity contribution < 1.29 is 14.6 Å². The molecule has 1 aromatic rings. The molecule has 4 heteroatoms. The Labute approximate surface area is 119 Å². The van der Waals surface area contributed by atoms with Gasteiger partial charge < -0.3 is 14.7 Å². The van der Waals surface area contributed by atoms with Crippen molar-refractivity contribution in [2.24, 2.45) is 5.92 Å². The highest BCUT2D eigenvalue weighted by atomic mass is 16.6. The molecule has 2 atom stereocenters. The third kappa shape index (κ3) is 2.40. The standard InChI is InChI=1S/C16H21NO3/c1-12-16(19,14-7-8-14)9-10-17(12)15(18)20-11-13-5-3-2-4-6-13/h2-6,12,14,19H,7-11H2,1H3/t12-,16-/m0/s1. The Kier molecular flexibility index (Phi) is 3.42. The molecule has 1 aliphatic heterocycles. The Hall–Kier alpha value is -1.55. The normalized spacial score (nSPS) is 29.5. The van der Waals surface area contributed by atoms with Crippen LogP contribution in [0, 0.1) is 5.92 Å². The van der Waals surface area contributed by atoms with Crippen molar-refractivity contribution in [2.75, 3.05) is 6.54 Å². The summed E-state index contributed by atoms with van der Waals surface area (Å²) in [6.45, 7) is 2.79. The van der Waals surface area contributed by atoms with Crippen LogP contribution >= 0.6 is 0 Å². The van der Waals surface area contributed by atoms with E-state index in [1.165, 1.54) is 0 Å². The number of carbonyl (C=O) groups excluding carboxylic acids is 1. The number of aliphatic hydroxyl groups is 1. The molecule has 0 radical (unpaired) electrons. The first-order valence-electron chi connectivity index (χ1n) is 7.31. The van der Waals surface area contributed by atoms with Gasteiger partial charge in [0.1, 0.15) is 6.61 Å². The van der Waals surface area contributed by atoms with E-state index in [9.17, 15) is 9.90 Å². The molecule has 2 fully saturated rings. The summed E-state index contributed by atoms with van der Waals surface area (Å²) >= 11 is 0. The molecule has 1 aromatic carbocycles. The third-order valence-electron chi connectivity index (χ3n) is 4.67. The van der Waals surface area contributed by atoms with Crippen LogP contribution in [-0.4, -0.2) is 34.3 Å². The van der Waals surface area contributed by atoms with Gasteiger partial charge in [0.05, 0.1) is 11.6 Å². The summed E-state index contributed by atoms with van der Waals surface area (Å²) in [5.74, 6) is 0.365. The average Bonchev–Trinajstić information content (AvgIpc) is 3.27. The summed E-state index contributed by atoms with van der Waals surface area (Å²) in [4.78, 5) is 13.8. The van der Waals surface area contributed by atoms with Crippen molar-refractivity contribution >= 4 is 6.09 Å². The van der Waals surface area contributed by atoms with Crippen LogP contribution in [0.5, 0.6) is 0 Å². The van der Waals surface area contributed by atoms with Gasteiger partial charge in [0.25, 0.3) is 0 Å². The molecular formula is C16H21NO3. The van der Waals surface area contributed by atoms with Crippen LogP contribution in [0.3, 0.4) is 0 Å². The first kappa shape index (κ1) is 13.4. The molecule has 1 heterocycles. The molecule has 1 aliphatic carbocycles. The maximum absolute atomic E-state index is 12.2. The molecule has 0 spiro atoms. The predicted octanol–water partition coefficient (Wildman–Crippen LogP) is 2.56. The zero-order valence-corrected chi connectivity index (χ0v) is 11.8. The number of amides is 1. The van der Waals surface area contributed by atoms with Gasteiger partial charge >= 0.3 is 6.09 Å². The zero-order valence-electron chi connectivity index (χ0n) is 11.8. The molecule has 1 amide bonds. The zero-order chi connectivity index (χ0) is 14.2. The van der Waals surface area contributed by atoms with E-state index in [-0.39, 0.29) is 18.7 Å². The molecule has 4 nitrogen and oxygen atoms in total. The summed E-state index contributed by atoms with van der Waals surface area (Å²) in [6.07, 6.45) is 2.50. The van der Waals surface area contributed by atoms with E-state index in [0.717, 1.165) is 18.4 Å². The highest BCUT2D eigenvalue weighted by Crippen LogP contribution is 2.47. The smallest absolute Gasteiger partial charge is 0.410 e. The Morgan fingerprint density at radius 2 is 2.10 bits per heavy atom. The van der Waals surface area contributed by atoms with E-state index < -0.39 is 5.60 Å². The van der Waals surface area contributed by atoms with Crippen molar-refractivity contribution in [3.63, 3.8) is 0 Å². The summed E-state index contributed by atoms with van der Waals surface area (Å²) in [5.41, 5.74) is 0.274. The number of nitrogens with zero attached hydrogens (tertiary/aromatic N) is 1. The van der Waals surface area contributed by atoms with Gasteiger partial charge in [0.2, 0.25) is 0 Å². The molecule has 0 aromatic heterocycles. The first-order valence-corrected chi connectivity index (χ1v) is 7.31. The monoisotopic (exact) mass is 275 g/mol. The van der Waals surface area contributed by atoms with Crippen LogP contribution in [0.1, 0.15) is 31.7 Å². The van der Waals surface area contributed by atoms with E-state index in [2.05, 4.69) is 0 Å². The van der Waals surface area contributed by atoms with Crippen molar-refractivity contribution in [2.45, 2.75) is 44.4 Å². The minimum absolute atomic E-state index is 0.154. The molecule has 1 saturated carbocycles. The quantitative estimate of drug-likeness (QED) is 0.922. The van der Waals surface area contributed by atoms with Crippen molar-refractivity contribution in [1.82, 2.24) is 4.90 Å². The van der Waals surface area contributed by atoms with Gasteiger partial charge in [-0.3, -0.25) is 0 Å². The second-order valence-corrected chi connectivity index (χ2v) is 5.93. The van der Waals surface area contributed by atoms with Gasteiger partial charge in [0.15, 0.2) is 0 Å². The number of hydrogen-bond donors (Lipinski definition) is 1. The fraction of sp³-hybridized carbons (Fsp3) is 0.562. The number of rotatable bonds is 3. The fourth-order valence-electron chi connectivity index (χ4n) is 3.15. The van der Waals surface area contributed by atoms with Crippen LogP contribution in [0.4, 0.5) is 4.79 Å². The van der Waals surface area contributed by atoms with Gasteiger partial charge in [-0.15, -0.1) is 0 Å². The fourth-order valence-corrected chi connectivity index (χ4v) is 3.15. The molecule has 1 saturated heterocycles. The summed E-state index contributed by atoms with van der Waals surface area (Å²) in [5, 5.41) is 10.7. The number of hydrogen-bond acceptors (Lipinski definition) is 3. The molecule has 108 valence electrons. The van der Waals surface area contributed by atoms with Gasteiger partial charge in [-0.25, -0.2) is 4.79 Å². The second kappa shape index (κ2) is 5.09. The lowest BCUT2D eigenvalue weighted by molar-refractivity contribution is -0.0109. The first-order chi connectivity index (χ1) is 9.61. The Bertz CT molecular complexity index is 486. The lowest BCUT2D eigenvalue weighted by Crippen LogP contribution is -2.46. The molecule has 0 bridgehead atoms. The third-order valence-corrected chi connectivity index (χ3v) is 4.67. The van der Waals surface area contributed by atoms with E-state index in [4.69, 9.17) is 4.74 Å². The van der Waals surface area contributed by atoms with Crippen molar-refractivity contribution in [1.29, 1.82) is 0 Å². The van der Waals surface area contributed by atoms with Crippen LogP contribution < -0.4 is 0 Å². The molecule has 2 aliphatic rings. The van der Waals surface area contributed by atoms with Gasteiger partial charge in [-0.2, -0.15) is 0 Å². The van der Waals surface area contributed by atoms with E-state index in [1.807, 2.05) is 37.3 Å². The van der Waals surface area contributed by atoms with Crippen molar-refractivity contribution in [3.05, 3.63) is 35.9 Å². The second-order valence-electron chi connectivity index (χ2n) is 5.93. The number of ether oxygens (including phenoxy) is 1. The maximum Gasteiger partial charge on any atom is 0.410 e. The summed E-state index contributed by atoms with van der Waals surface area (Å²) in [7, 11) is 0. The Balaban J connectivity index is 1.58. The predicted molar refractivity (Wildman–Crippen MR) is 75.1 cm³/mol. The molecular weight excluding hydrogens is 254 g/mol. The maximum atomic E-state index is 12.2. The number of likely N-dealkylation sites (tertiary alicyclic amines) is 1. The molecule has 3 rings (SSSR count). The molecule has 20 heavy (non-hydrogen) atoms. The lowest BCUT2D eigenvalue weighted by Gasteiger charge is -2.30.